The van der Waals surface area contributed by atoms with Gasteiger partial charge in [-0.1, -0.05) is 111 Å². The molecule has 0 saturated heterocycles. The van der Waals surface area contributed by atoms with Crippen molar-refractivity contribution in [1.82, 2.24) is 0 Å². The molecule has 1 aliphatic rings. The second kappa shape index (κ2) is 11.3. The number of hydrogen-bond donors (Lipinski definition) is 5. The lowest BCUT2D eigenvalue weighted by Crippen LogP contribution is -2.16. The van der Waals surface area contributed by atoms with Crippen molar-refractivity contribution in [2.24, 2.45) is 0 Å². The van der Waals surface area contributed by atoms with E-state index in [1.807, 2.05) is 24.3 Å². The van der Waals surface area contributed by atoms with E-state index >= 15 is 0 Å². The average molecular weight is 658 g/mol. The molecular formula is C44H35NO5. The Morgan fingerprint density at radius 1 is 0.420 bits per heavy atom. The standard InChI is InChI=1S/C44H35NO5/c1-44(2)36-7-5-4-6-34(36)35-21-20-33(24-37(35)44)45(3)32-19-18-30-22-29(16-17-31(30)23-32)27-10-8-25(9-11-27)26-12-14-28(15-13-26)38-39(46)41(48)43(50)42(49)40(38)47/h4-24,46-50H,1-3H3. The number of fused-ring (bicyclic) bond motifs is 4. The van der Waals surface area contributed by atoms with Crippen molar-refractivity contribution in [3.8, 4) is 73.3 Å². The van der Waals surface area contributed by atoms with Crippen molar-refractivity contribution in [1.29, 1.82) is 0 Å². The van der Waals surface area contributed by atoms with Crippen LogP contribution in [0.3, 0.4) is 0 Å². The quantitative estimate of drug-likeness (QED) is 0.0932. The molecule has 0 aromatic heterocycles. The molecule has 0 saturated carbocycles. The third-order valence-corrected chi connectivity index (χ3v) is 10.3. The minimum Gasteiger partial charge on any atom is -0.504 e. The van der Waals surface area contributed by atoms with Crippen LogP contribution in [0.4, 0.5) is 11.4 Å². The van der Waals surface area contributed by atoms with Gasteiger partial charge in [0.15, 0.2) is 11.5 Å². The predicted molar refractivity (Wildman–Crippen MR) is 201 cm³/mol. The van der Waals surface area contributed by atoms with Crippen LogP contribution in [0.1, 0.15) is 25.0 Å². The zero-order valence-electron chi connectivity index (χ0n) is 27.8. The third-order valence-electron chi connectivity index (χ3n) is 10.3. The van der Waals surface area contributed by atoms with Crippen LogP contribution in [0.15, 0.2) is 127 Å². The van der Waals surface area contributed by atoms with Gasteiger partial charge < -0.3 is 30.4 Å². The average Bonchev–Trinajstić information content (AvgIpc) is 3.38. The van der Waals surface area contributed by atoms with E-state index in [1.54, 1.807) is 12.1 Å². The van der Waals surface area contributed by atoms with Gasteiger partial charge in [-0.25, -0.2) is 0 Å². The number of hydrogen-bond acceptors (Lipinski definition) is 6. The molecule has 7 aromatic rings. The second-order valence-corrected chi connectivity index (χ2v) is 13.5. The fraction of sp³-hybridized carbons (Fsp3) is 0.0909. The first-order valence-electron chi connectivity index (χ1n) is 16.4. The molecule has 6 nitrogen and oxygen atoms in total. The number of aromatic hydroxyl groups is 5. The van der Waals surface area contributed by atoms with E-state index in [4.69, 9.17) is 0 Å². The smallest absolute Gasteiger partial charge is 0.208 e. The summed E-state index contributed by atoms with van der Waals surface area (Å²) in [5, 5.41) is 52.5. The van der Waals surface area contributed by atoms with Gasteiger partial charge in [0.2, 0.25) is 17.2 Å². The Morgan fingerprint density at radius 2 is 0.880 bits per heavy atom. The van der Waals surface area contributed by atoms with Crippen LogP contribution in [0.5, 0.6) is 28.7 Å². The van der Waals surface area contributed by atoms with E-state index in [0.717, 1.165) is 44.4 Å². The fourth-order valence-electron chi connectivity index (χ4n) is 7.31. The highest BCUT2D eigenvalue weighted by Gasteiger charge is 2.35. The van der Waals surface area contributed by atoms with E-state index in [9.17, 15) is 25.5 Å². The molecule has 8 rings (SSSR count). The van der Waals surface area contributed by atoms with Gasteiger partial charge in [0, 0.05) is 23.8 Å². The molecular weight excluding hydrogens is 622 g/mol. The van der Waals surface area contributed by atoms with Crippen LogP contribution >= 0.6 is 0 Å². The topological polar surface area (TPSA) is 104 Å². The number of rotatable bonds is 5. The highest BCUT2D eigenvalue weighted by Crippen LogP contribution is 2.55. The maximum Gasteiger partial charge on any atom is 0.208 e. The Hall–Kier alpha value is -6.40. The maximum atomic E-state index is 10.3. The summed E-state index contributed by atoms with van der Waals surface area (Å²) in [7, 11) is 2.12. The van der Waals surface area contributed by atoms with Gasteiger partial charge in [-0.05, 0) is 91.2 Å². The van der Waals surface area contributed by atoms with Crippen molar-refractivity contribution >= 4 is 22.1 Å². The molecule has 6 heteroatoms. The molecule has 0 radical (unpaired) electrons. The van der Waals surface area contributed by atoms with Crippen molar-refractivity contribution in [2.75, 3.05) is 11.9 Å². The minimum absolute atomic E-state index is 0.0485. The van der Waals surface area contributed by atoms with E-state index in [-0.39, 0.29) is 11.0 Å². The molecule has 0 bridgehead atoms. The van der Waals surface area contributed by atoms with E-state index in [1.165, 1.54) is 22.3 Å². The van der Waals surface area contributed by atoms with E-state index < -0.39 is 28.7 Å². The Morgan fingerprint density at radius 3 is 1.54 bits per heavy atom. The molecule has 0 aliphatic heterocycles. The van der Waals surface area contributed by atoms with Crippen LogP contribution in [-0.4, -0.2) is 32.6 Å². The van der Waals surface area contributed by atoms with Crippen LogP contribution < -0.4 is 4.90 Å². The Bertz CT molecular complexity index is 2440. The summed E-state index contributed by atoms with van der Waals surface area (Å²) >= 11 is 0. The number of benzene rings is 7. The second-order valence-electron chi connectivity index (χ2n) is 13.5. The summed E-state index contributed by atoms with van der Waals surface area (Å²) in [6, 6.07) is 43.8. The predicted octanol–water partition coefficient (Wildman–Crippen LogP) is 10.4. The Balaban J connectivity index is 1.02. The van der Waals surface area contributed by atoms with Crippen LogP contribution in [0.2, 0.25) is 0 Å². The normalized spacial score (nSPS) is 12.9. The first kappa shape index (κ1) is 30.9. The van der Waals surface area contributed by atoms with Gasteiger partial charge in [0.25, 0.3) is 0 Å². The highest BCUT2D eigenvalue weighted by atomic mass is 16.4. The van der Waals surface area contributed by atoms with Gasteiger partial charge in [-0.15, -0.1) is 0 Å². The summed E-state index contributed by atoms with van der Waals surface area (Å²) in [6.07, 6.45) is 0. The molecule has 50 heavy (non-hydrogen) atoms. The van der Waals surface area contributed by atoms with Crippen LogP contribution in [0.25, 0.3) is 55.3 Å². The first-order valence-corrected chi connectivity index (χ1v) is 16.4. The van der Waals surface area contributed by atoms with Crippen molar-refractivity contribution in [2.45, 2.75) is 19.3 Å². The molecule has 0 amide bonds. The number of phenols is 5. The summed E-state index contributed by atoms with van der Waals surface area (Å²) in [4.78, 5) is 2.25. The lowest BCUT2D eigenvalue weighted by Gasteiger charge is -2.25. The monoisotopic (exact) mass is 657 g/mol. The highest BCUT2D eigenvalue weighted by molar-refractivity contribution is 5.91. The Labute approximate surface area is 290 Å². The molecule has 0 atom stereocenters. The molecule has 0 fully saturated rings. The lowest BCUT2D eigenvalue weighted by atomic mass is 9.82. The first-order chi connectivity index (χ1) is 24.0. The zero-order chi connectivity index (χ0) is 34.9. The number of anilines is 2. The summed E-state index contributed by atoms with van der Waals surface area (Å²) in [6.45, 7) is 4.61. The fourth-order valence-corrected chi connectivity index (χ4v) is 7.31. The molecule has 0 spiro atoms. The molecule has 0 heterocycles. The lowest BCUT2D eigenvalue weighted by molar-refractivity contribution is 0.330. The summed E-state index contributed by atoms with van der Waals surface area (Å²) in [5.41, 5.74) is 11.9. The van der Waals surface area contributed by atoms with Crippen LogP contribution in [-0.2, 0) is 5.41 Å². The van der Waals surface area contributed by atoms with Gasteiger partial charge in [-0.2, -0.15) is 0 Å². The molecule has 1 aliphatic carbocycles. The SMILES string of the molecule is CN(c1ccc2c(c1)C(C)(C)c1ccccc1-2)c1ccc2cc(-c3ccc(-c4ccc(-c5c(O)c(O)c(O)c(O)c5O)cc4)cc3)ccc2c1. The summed E-state index contributed by atoms with van der Waals surface area (Å²) in [5.74, 6) is -4.22. The van der Waals surface area contributed by atoms with Crippen molar-refractivity contribution < 1.29 is 25.5 Å². The van der Waals surface area contributed by atoms with Gasteiger partial charge >= 0.3 is 0 Å². The largest absolute Gasteiger partial charge is 0.504 e. The minimum atomic E-state index is -0.980. The Kier molecular flexibility index (Phi) is 7.01. The van der Waals surface area contributed by atoms with Crippen molar-refractivity contribution in [3.63, 3.8) is 0 Å². The molecule has 246 valence electrons. The van der Waals surface area contributed by atoms with Gasteiger partial charge in [0.05, 0.1) is 5.56 Å². The molecule has 0 unspecified atom stereocenters. The van der Waals surface area contributed by atoms with Crippen LogP contribution in [0, 0.1) is 0 Å². The molecule has 7 aromatic carbocycles. The maximum absolute atomic E-state index is 10.3. The van der Waals surface area contributed by atoms with Crippen molar-refractivity contribution in [3.05, 3.63) is 139 Å². The number of phenolic OH excluding ortho intramolecular Hbond substituents is 5. The third kappa shape index (κ3) is 4.79. The van der Waals surface area contributed by atoms with Gasteiger partial charge in [0.1, 0.15) is 0 Å². The van der Waals surface area contributed by atoms with E-state index in [0.29, 0.717) is 5.56 Å². The number of nitrogens with zero attached hydrogens (tertiary/aromatic N) is 1. The van der Waals surface area contributed by atoms with E-state index in [2.05, 4.69) is 117 Å². The molecule has 5 N–H and O–H groups in total. The zero-order valence-corrected chi connectivity index (χ0v) is 27.8. The van der Waals surface area contributed by atoms with Gasteiger partial charge in [-0.3, -0.25) is 0 Å². The summed E-state index contributed by atoms with van der Waals surface area (Å²) < 4.78 is 0.